The topological polar surface area (TPSA) is 58.6 Å². The minimum Gasteiger partial charge on any atom is -0.449 e. The zero-order valence-electron chi connectivity index (χ0n) is 12.5. The van der Waals surface area contributed by atoms with Gasteiger partial charge in [0.1, 0.15) is 5.82 Å². The average Bonchev–Trinajstić information content (AvgIpc) is 2.35. The van der Waals surface area contributed by atoms with E-state index < -0.39 is 0 Å². The van der Waals surface area contributed by atoms with E-state index in [2.05, 4.69) is 9.97 Å². The van der Waals surface area contributed by atoms with Gasteiger partial charge in [-0.15, -0.1) is 0 Å². The molecule has 0 radical (unpaired) electrons. The lowest BCUT2D eigenvalue weighted by Gasteiger charge is -2.23. The molecule has 6 heteroatoms. The van der Waals surface area contributed by atoms with E-state index in [1.165, 1.54) is 4.90 Å². The van der Waals surface area contributed by atoms with Crippen LogP contribution in [-0.2, 0) is 4.74 Å². The molecule has 0 aliphatic rings. The maximum Gasteiger partial charge on any atom is 0.415 e. The van der Waals surface area contributed by atoms with E-state index in [4.69, 9.17) is 4.74 Å². The van der Waals surface area contributed by atoms with E-state index in [-0.39, 0.29) is 6.09 Å². The van der Waals surface area contributed by atoms with Crippen LogP contribution >= 0.6 is 0 Å². The highest BCUT2D eigenvalue weighted by molar-refractivity contribution is 5.87. The van der Waals surface area contributed by atoms with Crippen LogP contribution in [-0.4, -0.2) is 43.3 Å². The highest BCUT2D eigenvalue weighted by atomic mass is 16.6. The molecule has 0 fully saturated rings. The predicted octanol–water partition coefficient (Wildman–Crippen LogP) is 2.14. The average molecular weight is 266 g/mol. The van der Waals surface area contributed by atoms with Gasteiger partial charge >= 0.3 is 6.09 Å². The fourth-order valence-electron chi connectivity index (χ4n) is 1.63. The first-order valence-corrected chi connectivity index (χ1v) is 6.39. The summed E-state index contributed by atoms with van der Waals surface area (Å²) in [5.41, 5.74) is 1.75. The molecule has 0 unspecified atom stereocenters. The van der Waals surface area contributed by atoms with E-state index in [0.29, 0.717) is 24.9 Å². The molecule has 0 spiro atoms. The van der Waals surface area contributed by atoms with E-state index in [9.17, 15) is 4.79 Å². The lowest BCUT2D eigenvalue weighted by atomic mass is 10.2. The fraction of sp³-hybridized carbons (Fsp3) is 0.615. The van der Waals surface area contributed by atoms with Gasteiger partial charge in [-0.05, 0) is 27.7 Å². The molecular weight excluding hydrogens is 244 g/mol. The van der Waals surface area contributed by atoms with Crippen molar-refractivity contribution < 1.29 is 9.53 Å². The molecule has 19 heavy (non-hydrogen) atoms. The van der Waals surface area contributed by atoms with Gasteiger partial charge in [0.15, 0.2) is 0 Å². The van der Waals surface area contributed by atoms with Crippen LogP contribution < -0.4 is 9.80 Å². The number of ether oxygens (including phenoxy) is 1. The van der Waals surface area contributed by atoms with Gasteiger partial charge in [-0.2, -0.15) is 4.98 Å². The summed E-state index contributed by atoms with van der Waals surface area (Å²) in [5, 5.41) is 0. The maximum absolute atomic E-state index is 11.9. The zero-order chi connectivity index (χ0) is 14.6. The van der Waals surface area contributed by atoms with Gasteiger partial charge in [0.25, 0.3) is 0 Å². The van der Waals surface area contributed by atoms with Gasteiger partial charge in [-0.1, -0.05) is 0 Å². The Kier molecular flexibility index (Phi) is 5.09. The molecule has 106 valence electrons. The van der Waals surface area contributed by atoms with E-state index >= 15 is 0 Å². The van der Waals surface area contributed by atoms with Gasteiger partial charge in [0.05, 0.1) is 6.61 Å². The highest BCUT2D eigenvalue weighted by Crippen LogP contribution is 2.22. The first-order valence-electron chi connectivity index (χ1n) is 6.39. The second kappa shape index (κ2) is 6.36. The number of carbonyl (C=O) groups excluding carboxylic acids is 1. The monoisotopic (exact) mass is 266 g/mol. The van der Waals surface area contributed by atoms with Gasteiger partial charge in [0, 0.05) is 31.9 Å². The van der Waals surface area contributed by atoms with Crippen molar-refractivity contribution in [1.82, 2.24) is 9.97 Å². The lowest BCUT2D eigenvalue weighted by Crippen LogP contribution is -2.33. The quantitative estimate of drug-likeness (QED) is 0.835. The molecule has 0 bridgehead atoms. The van der Waals surface area contributed by atoms with Crippen molar-refractivity contribution in [2.75, 3.05) is 37.0 Å². The van der Waals surface area contributed by atoms with Crippen LogP contribution in [0.3, 0.4) is 0 Å². The first-order chi connectivity index (χ1) is 8.92. The summed E-state index contributed by atoms with van der Waals surface area (Å²) >= 11 is 0. The van der Waals surface area contributed by atoms with Crippen molar-refractivity contribution >= 4 is 17.9 Å². The van der Waals surface area contributed by atoms with E-state index in [1.807, 2.05) is 39.8 Å². The molecule has 0 N–H and O–H groups in total. The van der Waals surface area contributed by atoms with Gasteiger partial charge in [-0.25, -0.2) is 9.78 Å². The summed E-state index contributed by atoms with van der Waals surface area (Å²) in [6, 6.07) is 0. The van der Waals surface area contributed by atoms with Crippen molar-refractivity contribution in [2.24, 2.45) is 0 Å². The highest BCUT2D eigenvalue weighted by Gasteiger charge is 2.21. The molecule has 0 aliphatic carbocycles. The van der Waals surface area contributed by atoms with Gasteiger partial charge in [0.2, 0.25) is 5.95 Å². The van der Waals surface area contributed by atoms with Crippen LogP contribution in [0.15, 0.2) is 0 Å². The number of aromatic nitrogens is 2. The Morgan fingerprint density at radius 2 is 1.84 bits per heavy atom. The SMILES string of the molecule is CCOC(=O)N(CC)c1nc(N(C)C)nc(C)c1C. The second-order valence-electron chi connectivity index (χ2n) is 4.40. The minimum absolute atomic E-state index is 0.346. The zero-order valence-corrected chi connectivity index (χ0v) is 12.5. The van der Waals surface area contributed by atoms with Gasteiger partial charge < -0.3 is 9.64 Å². The van der Waals surface area contributed by atoms with Gasteiger partial charge in [-0.3, -0.25) is 4.90 Å². The number of rotatable bonds is 4. The lowest BCUT2D eigenvalue weighted by molar-refractivity contribution is 0.160. The maximum atomic E-state index is 11.9. The van der Waals surface area contributed by atoms with Crippen LogP contribution in [0.5, 0.6) is 0 Å². The van der Waals surface area contributed by atoms with Crippen LogP contribution in [0.1, 0.15) is 25.1 Å². The molecule has 0 aliphatic heterocycles. The van der Waals surface area contributed by atoms with Crippen molar-refractivity contribution in [3.8, 4) is 0 Å². The Balaban J connectivity index is 3.26. The summed E-state index contributed by atoms with van der Waals surface area (Å²) in [6.45, 7) is 8.35. The van der Waals surface area contributed by atoms with Crippen LogP contribution in [0.2, 0.25) is 0 Å². The minimum atomic E-state index is -0.379. The van der Waals surface area contributed by atoms with E-state index in [0.717, 1.165) is 11.3 Å². The van der Waals surface area contributed by atoms with Crippen LogP contribution in [0.25, 0.3) is 0 Å². The predicted molar refractivity (Wildman–Crippen MR) is 75.9 cm³/mol. The molecule has 0 saturated carbocycles. The molecule has 1 amide bonds. The molecule has 1 aromatic rings. The van der Waals surface area contributed by atoms with E-state index in [1.54, 1.807) is 6.92 Å². The Bertz CT molecular complexity index is 460. The summed E-state index contributed by atoms with van der Waals surface area (Å²) < 4.78 is 5.06. The molecule has 1 rings (SSSR count). The Morgan fingerprint density at radius 3 is 2.32 bits per heavy atom. The fourth-order valence-corrected chi connectivity index (χ4v) is 1.63. The third-order valence-electron chi connectivity index (χ3n) is 2.81. The van der Waals surface area contributed by atoms with Crippen molar-refractivity contribution in [1.29, 1.82) is 0 Å². The number of amides is 1. The number of aryl methyl sites for hydroxylation is 1. The van der Waals surface area contributed by atoms with Crippen molar-refractivity contribution in [3.05, 3.63) is 11.3 Å². The molecule has 0 saturated heterocycles. The normalized spacial score (nSPS) is 10.2. The summed E-state index contributed by atoms with van der Waals surface area (Å²) in [6.07, 6.45) is -0.379. The standard InChI is InChI=1S/C13H22N4O2/c1-7-17(13(18)19-8-2)11-9(3)10(4)14-12(15-11)16(5)6/h7-8H2,1-6H3. The third-order valence-corrected chi connectivity index (χ3v) is 2.81. The molecule has 0 atom stereocenters. The second-order valence-corrected chi connectivity index (χ2v) is 4.40. The van der Waals surface area contributed by atoms with Crippen LogP contribution in [0.4, 0.5) is 16.6 Å². The first kappa shape index (κ1) is 15.2. The number of hydrogen-bond donors (Lipinski definition) is 0. The Labute approximate surface area is 114 Å². The van der Waals surface area contributed by atoms with Crippen molar-refractivity contribution in [2.45, 2.75) is 27.7 Å². The Morgan fingerprint density at radius 1 is 1.21 bits per heavy atom. The number of hydrogen-bond acceptors (Lipinski definition) is 5. The summed E-state index contributed by atoms with van der Waals surface area (Å²) in [4.78, 5) is 24.1. The number of nitrogens with zero attached hydrogens (tertiary/aromatic N) is 4. The third kappa shape index (κ3) is 3.33. The molecule has 0 aromatic carbocycles. The number of carbonyl (C=O) groups is 1. The molecule has 6 nitrogen and oxygen atoms in total. The summed E-state index contributed by atoms with van der Waals surface area (Å²) in [5.74, 6) is 1.19. The molecule has 1 aromatic heterocycles. The molecule has 1 heterocycles. The Hall–Kier alpha value is -1.85. The molecular formula is C13H22N4O2. The largest absolute Gasteiger partial charge is 0.449 e. The number of anilines is 2. The van der Waals surface area contributed by atoms with Crippen molar-refractivity contribution in [3.63, 3.8) is 0 Å². The smallest absolute Gasteiger partial charge is 0.415 e. The summed E-state index contributed by atoms with van der Waals surface area (Å²) in [7, 11) is 3.74. The van der Waals surface area contributed by atoms with Crippen LogP contribution in [0, 0.1) is 13.8 Å².